The molecule has 10 heavy (non-hydrogen) atoms. The number of halogens is 3. The predicted octanol–water partition coefficient (Wildman–Crippen LogP) is 3.92. The highest BCUT2D eigenvalue weighted by atomic mass is 127. The maximum Gasteiger partial charge on any atom is 0.114 e. The molecule has 0 bridgehead atoms. The van der Waals surface area contributed by atoms with Gasteiger partial charge in [-0.2, -0.15) is 0 Å². The van der Waals surface area contributed by atoms with E-state index in [1.165, 1.54) is 3.57 Å². The van der Waals surface area contributed by atoms with Crippen LogP contribution in [0.5, 0.6) is 0 Å². The topological polar surface area (TPSA) is 0 Å². The van der Waals surface area contributed by atoms with Crippen LogP contribution in [-0.4, -0.2) is 0 Å². The minimum absolute atomic E-state index is 0.0674. The van der Waals surface area contributed by atoms with Crippen molar-refractivity contribution in [1.29, 1.82) is 0 Å². The van der Waals surface area contributed by atoms with Crippen molar-refractivity contribution >= 4 is 50.1 Å². The lowest BCUT2D eigenvalue weighted by molar-refractivity contribution is 1.37. The molecule has 0 saturated heterocycles. The Bertz CT molecular complexity index is 225. The first-order chi connectivity index (χ1) is 4.70. The van der Waals surface area contributed by atoms with Crippen molar-refractivity contribution in [2.24, 2.45) is 0 Å². The van der Waals surface area contributed by atoms with Gasteiger partial charge in [0.05, 0.1) is 0 Å². The van der Waals surface area contributed by atoms with Crippen LogP contribution in [0.15, 0.2) is 24.3 Å². The molecule has 1 aromatic rings. The lowest BCUT2D eigenvalue weighted by Crippen LogP contribution is -1.80. The first-order valence-electron chi connectivity index (χ1n) is 2.74. The average Bonchev–Trinajstić information content (AvgIpc) is 1.88. The fourth-order valence-electron chi connectivity index (χ4n) is 0.642. The van der Waals surface area contributed by atoms with E-state index in [0.29, 0.717) is 0 Å². The van der Waals surface area contributed by atoms with Crippen molar-refractivity contribution in [1.82, 2.24) is 0 Å². The Morgan fingerprint density at radius 2 is 2.20 bits per heavy atom. The highest BCUT2D eigenvalue weighted by molar-refractivity contribution is 14.1. The van der Waals surface area contributed by atoms with Crippen LogP contribution in [0.1, 0.15) is 9.85 Å². The molecule has 0 fully saturated rings. The van der Waals surface area contributed by atoms with Crippen molar-refractivity contribution in [3.05, 3.63) is 33.4 Å². The lowest BCUT2D eigenvalue weighted by atomic mass is 10.2. The molecule has 0 saturated carbocycles. The fourth-order valence-corrected chi connectivity index (χ4v) is 1.63. The second-order valence-corrected chi connectivity index (χ2v) is 4.98. The smallest absolute Gasteiger partial charge is 0.105 e. The molecule has 1 aromatic carbocycles. The number of benzene rings is 1. The summed E-state index contributed by atoms with van der Waals surface area (Å²) in [7, 11) is 0. The molecule has 0 N–H and O–H groups in total. The maximum absolute atomic E-state index is 5.79. The Kier molecular flexibility index (Phi) is 3.46. The van der Waals surface area contributed by atoms with Gasteiger partial charge in [0, 0.05) is 3.57 Å². The van der Waals surface area contributed by atoms with Crippen LogP contribution in [0.2, 0.25) is 0 Å². The summed E-state index contributed by atoms with van der Waals surface area (Å²) in [5, 5.41) is 0. The third kappa shape index (κ3) is 2.40. The van der Waals surface area contributed by atoms with E-state index in [4.69, 9.17) is 11.6 Å². The minimum Gasteiger partial charge on any atom is -0.105 e. The van der Waals surface area contributed by atoms with Gasteiger partial charge in [0.2, 0.25) is 0 Å². The summed E-state index contributed by atoms with van der Waals surface area (Å²) in [5.41, 5.74) is 1.11. The maximum atomic E-state index is 5.79. The highest BCUT2D eigenvalue weighted by Crippen LogP contribution is 2.27. The normalized spacial score (nSPS) is 13.1. The second-order valence-electron chi connectivity index (χ2n) is 1.86. The molecule has 1 unspecified atom stereocenters. The van der Waals surface area contributed by atoms with Crippen LogP contribution < -0.4 is 0 Å². The van der Waals surface area contributed by atoms with Gasteiger partial charge >= 0.3 is 0 Å². The van der Waals surface area contributed by atoms with E-state index in [9.17, 15) is 0 Å². The lowest BCUT2D eigenvalue weighted by Gasteiger charge is -2.00. The summed E-state index contributed by atoms with van der Waals surface area (Å²) in [5.74, 6) is 0. The minimum atomic E-state index is -0.0674. The predicted molar refractivity (Wildman–Crippen MR) is 56.7 cm³/mol. The Hall–Kier alpha value is 0.720. The standard InChI is InChI=1S/C7H5BrClI/c8-7(9)5-2-1-3-6(10)4-5/h1-4,7H. The third-order valence-corrected chi connectivity index (χ3v) is 2.55. The fraction of sp³-hybridized carbons (Fsp3) is 0.143. The first-order valence-corrected chi connectivity index (χ1v) is 5.17. The van der Waals surface area contributed by atoms with Gasteiger partial charge in [-0.1, -0.05) is 28.1 Å². The molecule has 0 aliphatic rings. The molecule has 0 spiro atoms. The second kappa shape index (κ2) is 3.93. The largest absolute Gasteiger partial charge is 0.114 e. The number of rotatable bonds is 1. The van der Waals surface area contributed by atoms with E-state index in [2.05, 4.69) is 38.5 Å². The van der Waals surface area contributed by atoms with Gasteiger partial charge in [0.25, 0.3) is 0 Å². The van der Waals surface area contributed by atoms with Gasteiger partial charge in [-0.25, -0.2) is 0 Å². The molecular weight excluding hydrogens is 326 g/mol. The Balaban J connectivity index is 2.96. The quantitative estimate of drug-likeness (QED) is 0.540. The third-order valence-electron chi connectivity index (χ3n) is 1.10. The molecule has 3 heteroatoms. The molecular formula is C7H5BrClI. The van der Waals surface area contributed by atoms with Crippen molar-refractivity contribution in [3.63, 3.8) is 0 Å². The molecule has 0 aliphatic carbocycles. The molecule has 0 amide bonds. The Morgan fingerprint density at radius 1 is 1.50 bits per heavy atom. The van der Waals surface area contributed by atoms with Gasteiger partial charge in [-0.3, -0.25) is 0 Å². The molecule has 0 nitrogen and oxygen atoms in total. The SMILES string of the molecule is ClC(Br)c1cccc(I)c1. The molecule has 1 atom stereocenters. The van der Waals surface area contributed by atoms with Gasteiger partial charge in [0.15, 0.2) is 0 Å². The summed E-state index contributed by atoms with van der Waals surface area (Å²) in [6.45, 7) is 0. The Labute approximate surface area is 87.2 Å². The summed E-state index contributed by atoms with van der Waals surface area (Å²) >= 11 is 11.3. The van der Waals surface area contributed by atoms with Crippen molar-refractivity contribution in [2.75, 3.05) is 0 Å². The van der Waals surface area contributed by atoms with Crippen molar-refractivity contribution in [3.8, 4) is 0 Å². The average molecular weight is 331 g/mol. The van der Waals surface area contributed by atoms with Crippen LogP contribution in [0.25, 0.3) is 0 Å². The first kappa shape index (κ1) is 8.81. The van der Waals surface area contributed by atoms with E-state index in [-0.39, 0.29) is 4.29 Å². The summed E-state index contributed by atoms with van der Waals surface area (Å²) in [4.78, 5) is 0. The number of alkyl halides is 2. The molecule has 0 heterocycles. The highest BCUT2D eigenvalue weighted by Gasteiger charge is 2.00. The van der Waals surface area contributed by atoms with Crippen LogP contribution in [0, 0.1) is 3.57 Å². The van der Waals surface area contributed by atoms with E-state index in [1.807, 2.05) is 24.3 Å². The molecule has 0 radical (unpaired) electrons. The zero-order valence-electron chi connectivity index (χ0n) is 5.02. The van der Waals surface area contributed by atoms with Crippen molar-refractivity contribution in [2.45, 2.75) is 4.29 Å². The van der Waals surface area contributed by atoms with Crippen LogP contribution in [0.4, 0.5) is 0 Å². The van der Waals surface area contributed by atoms with E-state index in [0.717, 1.165) is 5.56 Å². The zero-order chi connectivity index (χ0) is 7.56. The summed E-state index contributed by atoms with van der Waals surface area (Å²) < 4.78 is 1.14. The number of hydrogen-bond donors (Lipinski definition) is 0. The van der Waals surface area contributed by atoms with Gasteiger partial charge < -0.3 is 0 Å². The number of hydrogen-bond acceptors (Lipinski definition) is 0. The summed E-state index contributed by atoms with van der Waals surface area (Å²) in [6.07, 6.45) is 0. The van der Waals surface area contributed by atoms with Crippen LogP contribution in [0.3, 0.4) is 0 Å². The van der Waals surface area contributed by atoms with Crippen LogP contribution in [-0.2, 0) is 0 Å². The summed E-state index contributed by atoms with van der Waals surface area (Å²) in [6, 6.07) is 8.08. The van der Waals surface area contributed by atoms with E-state index in [1.54, 1.807) is 0 Å². The zero-order valence-corrected chi connectivity index (χ0v) is 9.52. The van der Waals surface area contributed by atoms with E-state index < -0.39 is 0 Å². The van der Waals surface area contributed by atoms with Gasteiger partial charge in [-0.15, -0.1) is 11.6 Å². The molecule has 0 aromatic heterocycles. The Morgan fingerprint density at radius 3 is 2.60 bits per heavy atom. The van der Waals surface area contributed by atoms with Crippen LogP contribution >= 0.6 is 50.1 Å². The van der Waals surface area contributed by atoms with Gasteiger partial charge in [0.1, 0.15) is 4.29 Å². The monoisotopic (exact) mass is 330 g/mol. The molecule has 54 valence electrons. The van der Waals surface area contributed by atoms with E-state index >= 15 is 0 Å². The van der Waals surface area contributed by atoms with Crippen molar-refractivity contribution < 1.29 is 0 Å². The molecule has 0 aliphatic heterocycles. The molecule has 1 rings (SSSR count). The van der Waals surface area contributed by atoms with Gasteiger partial charge in [-0.05, 0) is 40.3 Å².